The lowest BCUT2D eigenvalue weighted by molar-refractivity contribution is -0.136. The molecular weight excluding hydrogens is 526 g/mol. The maximum Gasteiger partial charge on any atom is 0.387 e. The first-order valence-corrected chi connectivity index (χ1v) is 13.1. The summed E-state index contributed by atoms with van der Waals surface area (Å²) in [5.41, 5.74) is 0.507. The number of nitrogens with one attached hydrogen (secondary N) is 2. The highest BCUT2D eigenvalue weighted by Gasteiger charge is 2.43. The monoisotopic (exact) mass is 558 g/mol. The largest absolute Gasteiger partial charge is 0.431 e. The van der Waals surface area contributed by atoms with Crippen molar-refractivity contribution >= 4 is 23.7 Å². The van der Waals surface area contributed by atoms with E-state index >= 15 is 0 Å². The second kappa shape index (κ2) is 12.0. The summed E-state index contributed by atoms with van der Waals surface area (Å²) >= 11 is 0. The lowest BCUT2D eigenvalue weighted by Crippen LogP contribution is -2.42. The lowest BCUT2D eigenvalue weighted by atomic mass is 9.80. The molecule has 0 spiro atoms. The Bertz CT molecular complexity index is 1280. The molecule has 3 amide bonds. The zero-order valence-electron chi connectivity index (χ0n) is 22.5. The standard InChI is InChI=1S/C28H32F2N4O6/c1-4-31-24(36)18-7-9-21(32-13-18)25(37)33-14-20-12-28(3,15-34(20)16(2)35)19-8-10-22(40-27(29)30)23(11-19)39-26(38)17-5-6-17/h7-11,13,17,20,27H,4-6,12,14-15H2,1-3H3,(H,31,36)(H,33,37)/t20-,28+/m1/s1. The summed E-state index contributed by atoms with van der Waals surface area (Å²) in [5.74, 6) is -2.01. The van der Waals surface area contributed by atoms with Crippen LogP contribution in [0.5, 0.6) is 11.5 Å². The van der Waals surface area contributed by atoms with Gasteiger partial charge in [0, 0.05) is 44.2 Å². The number of carbonyl (C=O) groups excluding carboxylic acids is 4. The Morgan fingerprint density at radius 3 is 2.45 bits per heavy atom. The van der Waals surface area contributed by atoms with Gasteiger partial charge in [0.25, 0.3) is 11.8 Å². The average Bonchev–Trinajstić information content (AvgIpc) is 3.71. The minimum absolute atomic E-state index is 0.0933. The van der Waals surface area contributed by atoms with Crippen LogP contribution in [0, 0.1) is 5.92 Å². The Morgan fingerprint density at radius 2 is 1.85 bits per heavy atom. The topological polar surface area (TPSA) is 127 Å². The predicted molar refractivity (Wildman–Crippen MR) is 139 cm³/mol. The lowest BCUT2D eigenvalue weighted by Gasteiger charge is -2.26. The summed E-state index contributed by atoms with van der Waals surface area (Å²) < 4.78 is 35.9. The minimum Gasteiger partial charge on any atom is -0.431 e. The van der Waals surface area contributed by atoms with Crippen LogP contribution in [0.1, 0.15) is 66.4 Å². The van der Waals surface area contributed by atoms with Crippen molar-refractivity contribution < 1.29 is 37.4 Å². The number of rotatable bonds is 10. The molecule has 1 saturated carbocycles. The maximum atomic E-state index is 13.0. The van der Waals surface area contributed by atoms with Crippen LogP contribution in [0.15, 0.2) is 36.5 Å². The maximum absolute atomic E-state index is 13.0. The number of ether oxygens (including phenoxy) is 2. The first-order chi connectivity index (χ1) is 19.0. The highest BCUT2D eigenvalue weighted by atomic mass is 19.3. The first kappa shape index (κ1) is 28.9. The van der Waals surface area contributed by atoms with E-state index in [9.17, 15) is 28.0 Å². The van der Waals surface area contributed by atoms with Crippen molar-refractivity contribution in [3.8, 4) is 11.5 Å². The predicted octanol–water partition coefficient (Wildman–Crippen LogP) is 3.06. The van der Waals surface area contributed by atoms with Gasteiger partial charge in [-0.2, -0.15) is 8.78 Å². The van der Waals surface area contributed by atoms with Gasteiger partial charge in [0.2, 0.25) is 5.91 Å². The number of halogens is 2. The van der Waals surface area contributed by atoms with E-state index in [0.29, 0.717) is 43.5 Å². The van der Waals surface area contributed by atoms with Gasteiger partial charge in [-0.05, 0) is 56.0 Å². The number of benzene rings is 1. The molecule has 1 aliphatic carbocycles. The van der Waals surface area contributed by atoms with Crippen molar-refractivity contribution in [1.82, 2.24) is 20.5 Å². The van der Waals surface area contributed by atoms with E-state index in [2.05, 4.69) is 20.4 Å². The van der Waals surface area contributed by atoms with Crippen LogP contribution in [-0.4, -0.2) is 65.9 Å². The molecule has 0 radical (unpaired) electrons. The molecule has 1 aromatic heterocycles. The van der Waals surface area contributed by atoms with Gasteiger partial charge in [-0.3, -0.25) is 24.2 Å². The smallest absolute Gasteiger partial charge is 0.387 e. The second-order valence-electron chi connectivity index (χ2n) is 10.3. The molecule has 1 saturated heterocycles. The number of hydrogen-bond acceptors (Lipinski definition) is 7. The number of carbonyl (C=O) groups is 4. The normalized spacial score (nSPS) is 20.2. The van der Waals surface area contributed by atoms with Crippen LogP contribution in [0.25, 0.3) is 0 Å². The van der Waals surface area contributed by atoms with Crippen LogP contribution < -0.4 is 20.1 Å². The van der Waals surface area contributed by atoms with Gasteiger partial charge < -0.3 is 25.0 Å². The first-order valence-electron chi connectivity index (χ1n) is 13.1. The fraction of sp³-hybridized carbons (Fsp3) is 0.464. The third-order valence-electron chi connectivity index (χ3n) is 7.12. The summed E-state index contributed by atoms with van der Waals surface area (Å²) in [6.45, 7) is 2.97. The molecule has 1 aliphatic heterocycles. The quantitative estimate of drug-likeness (QED) is 0.339. The Kier molecular flexibility index (Phi) is 8.65. The van der Waals surface area contributed by atoms with Crippen molar-refractivity contribution in [3.05, 3.63) is 53.3 Å². The van der Waals surface area contributed by atoms with E-state index in [1.54, 1.807) is 17.9 Å². The van der Waals surface area contributed by atoms with E-state index < -0.39 is 23.9 Å². The third-order valence-corrected chi connectivity index (χ3v) is 7.12. The number of hydrogen-bond donors (Lipinski definition) is 2. The Balaban J connectivity index is 1.48. The van der Waals surface area contributed by atoms with Crippen LogP contribution in [0.2, 0.25) is 0 Å². The molecule has 0 unspecified atom stereocenters. The molecule has 40 heavy (non-hydrogen) atoms. The fourth-order valence-corrected chi connectivity index (χ4v) is 4.85. The Labute approximate surface area is 230 Å². The van der Waals surface area contributed by atoms with Crippen molar-refractivity contribution in [2.75, 3.05) is 19.6 Å². The average molecular weight is 559 g/mol. The molecule has 2 heterocycles. The molecule has 12 heteroatoms. The Hall–Kier alpha value is -4.09. The van der Waals surface area contributed by atoms with E-state index in [1.165, 1.54) is 37.4 Å². The van der Waals surface area contributed by atoms with Gasteiger partial charge in [0.15, 0.2) is 11.5 Å². The molecule has 4 rings (SSSR count). The molecule has 2 N–H and O–H groups in total. The van der Waals surface area contributed by atoms with Crippen molar-refractivity contribution in [3.63, 3.8) is 0 Å². The van der Waals surface area contributed by atoms with Gasteiger partial charge in [-0.15, -0.1) is 0 Å². The fourth-order valence-electron chi connectivity index (χ4n) is 4.85. The molecule has 2 fully saturated rings. The van der Waals surface area contributed by atoms with Crippen molar-refractivity contribution in [1.29, 1.82) is 0 Å². The van der Waals surface area contributed by atoms with Gasteiger partial charge in [-0.25, -0.2) is 0 Å². The number of alkyl halides is 2. The second-order valence-corrected chi connectivity index (χ2v) is 10.3. The van der Waals surface area contributed by atoms with E-state index in [4.69, 9.17) is 4.74 Å². The van der Waals surface area contributed by atoms with Crippen molar-refractivity contribution in [2.45, 2.75) is 58.1 Å². The highest BCUT2D eigenvalue weighted by molar-refractivity contribution is 5.96. The van der Waals surface area contributed by atoms with E-state index in [-0.39, 0.29) is 47.5 Å². The van der Waals surface area contributed by atoms with Gasteiger partial charge in [0.05, 0.1) is 11.5 Å². The van der Waals surface area contributed by atoms with E-state index in [0.717, 1.165) is 0 Å². The summed E-state index contributed by atoms with van der Waals surface area (Å²) in [4.78, 5) is 55.2. The number of pyridine rings is 1. The van der Waals surface area contributed by atoms with Crippen molar-refractivity contribution in [2.24, 2.45) is 5.92 Å². The molecule has 1 aromatic carbocycles. The highest BCUT2D eigenvalue weighted by Crippen LogP contribution is 2.42. The third kappa shape index (κ3) is 6.72. The molecule has 214 valence electrons. The zero-order valence-corrected chi connectivity index (χ0v) is 22.5. The molecular formula is C28H32F2N4O6. The zero-order chi connectivity index (χ0) is 29.0. The molecule has 10 nitrogen and oxygen atoms in total. The summed E-state index contributed by atoms with van der Waals surface area (Å²) in [5, 5.41) is 5.47. The molecule has 2 atom stereocenters. The summed E-state index contributed by atoms with van der Waals surface area (Å²) in [6, 6.07) is 7.07. The number of amides is 3. The van der Waals surface area contributed by atoms with Crippen LogP contribution in [0.4, 0.5) is 8.78 Å². The van der Waals surface area contributed by atoms with Gasteiger partial charge in [0.1, 0.15) is 5.69 Å². The van der Waals surface area contributed by atoms with Crippen LogP contribution in [-0.2, 0) is 15.0 Å². The van der Waals surface area contributed by atoms with Crippen LogP contribution in [0.3, 0.4) is 0 Å². The SMILES string of the molecule is CCNC(=O)c1ccc(C(=O)NC[C@H]2C[C@](C)(c3ccc(OC(F)F)c(OC(=O)C4CC4)c3)CN2C(C)=O)nc1. The van der Waals surface area contributed by atoms with Crippen LogP contribution >= 0.6 is 0 Å². The number of likely N-dealkylation sites (tertiary alicyclic amines) is 1. The number of esters is 1. The summed E-state index contributed by atoms with van der Waals surface area (Å²) in [6.07, 6.45) is 3.15. The Morgan fingerprint density at radius 1 is 1.10 bits per heavy atom. The number of aromatic nitrogens is 1. The molecule has 2 aliphatic rings. The van der Waals surface area contributed by atoms with Gasteiger partial charge >= 0.3 is 12.6 Å². The van der Waals surface area contributed by atoms with E-state index in [1.807, 2.05) is 6.92 Å². The molecule has 2 aromatic rings. The summed E-state index contributed by atoms with van der Waals surface area (Å²) in [7, 11) is 0. The number of nitrogens with zero attached hydrogens (tertiary/aromatic N) is 2. The van der Waals surface area contributed by atoms with Gasteiger partial charge in [-0.1, -0.05) is 13.0 Å². The minimum atomic E-state index is -3.09. The molecule has 0 bridgehead atoms.